The molecule has 1 aromatic rings. The molecule has 0 saturated heterocycles. The minimum atomic E-state index is -0.420. The minimum absolute atomic E-state index is 0.0875. The van der Waals surface area contributed by atoms with Crippen molar-refractivity contribution in [2.45, 2.75) is 20.8 Å². The molecule has 3 N–H and O–H groups in total. The first kappa shape index (κ1) is 14.7. The molecule has 0 saturated carbocycles. The van der Waals surface area contributed by atoms with Crippen molar-refractivity contribution < 1.29 is 14.4 Å². The third kappa shape index (κ3) is 4.79. The lowest BCUT2D eigenvalue weighted by molar-refractivity contribution is -0.120. The normalized spacial score (nSPS) is 9.89. The third-order valence-corrected chi connectivity index (χ3v) is 2.29. The second-order valence-electron chi connectivity index (χ2n) is 4.36. The van der Waals surface area contributed by atoms with Crippen LogP contribution < -0.4 is 16.2 Å². The van der Waals surface area contributed by atoms with Gasteiger partial charge in [-0.1, -0.05) is 13.8 Å². The molecule has 0 aliphatic heterocycles. The van der Waals surface area contributed by atoms with Crippen molar-refractivity contribution in [1.29, 1.82) is 0 Å². The molecule has 0 spiro atoms. The van der Waals surface area contributed by atoms with Crippen LogP contribution in [0.25, 0.3) is 0 Å². The van der Waals surface area contributed by atoms with E-state index in [1.54, 1.807) is 38.1 Å². The lowest BCUT2D eigenvalue weighted by Gasteiger charge is -2.09. The summed E-state index contributed by atoms with van der Waals surface area (Å²) < 4.78 is 0. The zero-order valence-corrected chi connectivity index (χ0v) is 11.1. The molecule has 0 atom stereocenters. The highest BCUT2D eigenvalue weighted by Gasteiger charge is 2.08. The Balaban J connectivity index is 2.63. The zero-order valence-electron chi connectivity index (χ0n) is 11.1. The Bertz CT molecular complexity index is 480. The monoisotopic (exact) mass is 263 g/mol. The molecular weight excluding hydrogens is 246 g/mol. The summed E-state index contributed by atoms with van der Waals surface area (Å²) in [7, 11) is 0. The Morgan fingerprint density at radius 3 is 2.05 bits per heavy atom. The number of anilines is 1. The first-order chi connectivity index (χ1) is 8.90. The van der Waals surface area contributed by atoms with Gasteiger partial charge in [-0.15, -0.1) is 0 Å². The molecule has 0 fully saturated rings. The summed E-state index contributed by atoms with van der Waals surface area (Å²) in [6, 6.07) is 6.38. The van der Waals surface area contributed by atoms with Gasteiger partial charge in [-0.25, -0.2) is 0 Å². The number of benzene rings is 1. The van der Waals surface area contributed by atoms with E-state index in [1.165, 1.54) is 6.92 Å². The number of rotatable bonds is 3. The van der Waals surface area contributed by atoms with E-state index in [0.29, 0.717) is 11.3 Å². The molecule has 0 radical (unpaired) electrons. The van der Waals surface area contributed by atoms with Crippen molar-refractivity contribution >= 4 is 23.4 Å². The maximum atomic E-state index is 11.6. The second-order valence-corrected chi connectivity index (χ2v) is 4.36. The molecule has 3 amide bonds. The molecule has 6 nitrogen and oxygen atoms in total. The third-order valence-electron chi connectivity index (χ3n) is 2.29. The van der Waals surface area contributed by atoms with Crippen LogP contribution in [0.15, 0.2) is 24.3 Å². The van der Waals surface area contributed by atoms with E-state index in [9.17, 15) is 14.4 Å². The first-order valence-electron chi connectivity index (χ1n) is 5.88. The molecule has 0 unspecified atom stereocenters. The van der Waals surface area contributed by atoms with Gasteiger partial charge in [-0.2, -0.15) is 0 Å². The van der Waals surface area contributed by atoms with Gasteiger partial charge in [0.2, 0.25) is 11.8 Å². The number of carbonyl (C=O) groups is 3. The van der Waals surface area contributed by atoms with Gasteiger partial charge in [0.1, 0.15) is 0 Å². The highest BCUT2D eigenvalue weighted by Crippen LogP contribution is 2.10. The average molecular weight is 263 g/mol. The second kappa shape index (κ2) is 6.53. The predicted molar refractivity (Wildman–Crippen MR) is 71.2 cm³/mol. The Morgan fingerprint density at radius 2 is 1.58 bits per heavy atom. The molecule has 0 aliphatic carbocycles. The van der Waals surface area contributed by atoms with E-state index in [4.69, 9.17) is 0 Å². The van der Waals surface area contributed by atoms with Crippen molar-refractivity contribution in [3.05, 3.63) is 29.8 Å². The lowest BCUT2D eigenvalue weighted by atomic mass is 10.1. The number of amides is 3. The van der Waals surface area contributed by atoms with Crippen molar-refractivity contribution in [3.63, 3.8) is 0 Å². The fourth-order valence-electron chi connectivity index (χ4n) is 1.21. The Kier molecular flexibility index (Phi) is 5.05. The zero-order chi connectivity index (χ0) is 14.4. The standard InChI is InChI=1S/C13H17N3O3/c1-8(2)12(18)14-11-6-4-10(5-7-11)13(19)16-15-9(3)17/h4-8H,1-3H3,(H,14,18)(H,15,17)(H,16,19). The summed E-state index contributed by atoms with van der Waals surface area (Å²) >= 11 is 0. The molecule has 102 valence electrons. The van der Waals surface area contributed by atoms with E-state index >= 15 is 0 Å². The fraction of sp³-hybridized carbons (Fsp3) is 0.308. The molecule has 1 rings (SSSR count). The molecule has 0 aliphatic rings. The van der Waals surface area contributed by atoms with Crippen LogP contribution in [0.1, 0.15) is 31.1 Å². The van der Waals surface area contributed by atoms with Gasteiger partial charge in [0, 0.05) is 24.1 Å². The van der Waals surface area contributed by atoms with E-state index in [2.05, 4.69) is 16.2 Å². The van der Waals surface area contributed by atoms with Crippen molar-refractivity contribution in [2.75, 3.05) is 5.32 Å². The molecule has 0 aromatic heterocycles. The summed E-state index contributed by atoms with van der Waals surface area (Å²) in [6.07, 6.45) is 0. The van der Waals surface area contributed by atoms with Crippen LogP contribution in [0.5, 0.6) is 0 Å². The van der Waals surface area contributed by atoms with E-state index in [-0.39, 0.29) is 17.7 Å². The molecule has 0 heterocycles. The lowest BCUT2D eigenvalue weighted by Crippen LogP contribution is -2.40. The fourth-order valence-corrected chi connectivity index (χ4v) is 1.21. The Morgan fingerprint density at radius 1 is 1.00 bits per heavy atom. The maximum Gasteiger partial charge on any atom is 0.269 e. The molecular formula is C13H17N3O3. The Labute approximate surface area is 111 Å². The van der Waals surface area contributed by atoms with Gasteiger partial charge in [0.25, 0.3) is 5.91 Å². The average Bonchev–Trinajstić information content (AvgIpc) is 2.36. The van der Waals surface area contributed by atoms with Gasteiger partial charge in [0.15, 0.2) is 0 Å². The largest absolute Gasteiger partial charge is 0.326 e. The van der Waals surface area contributed by atoms with Crippen LogP contribution in [-0.4, -0.2) is 17.7 Å². The molecule has 1 aromatic carbocycles. The molecule has 6 heteroatoms. The summed E-state index contributed by atoms with van der Waals surface area (Å²) in [6.45, 7) is 4.89. The number of hydrogen-bond acceptors (Lipinski definition) is 3. The predicted octanol–water partition coefficient (Wildman–Crippen LogP) is 1.06. The maximum absolute atomic E-state index is 11.6. The van der Waals surface area contributed by atoms with Gasteiger partial charge in [0.05, 0.1) is 0 Å². The quantitative estimate of drug-likeness (QED) is 0.713. The Hall–Kier alpha value is -2.37. The van der Waals surface area contributed by atoms with Crippen LogP contribution in [0.3, 0.4) is 0 Å². The van der Waals surface area contributed by atoms with E-state index in [1.807, 2.05) is 0 Å². The SMILES string of the molecule is CC(=O)NNC(=O)c1ccc(NC(=O)C(C)C)cc1. The topological polar surface area (TPSA) is 87.3 Å². The van der Waals surface area contributed by atoms with Crippen LogP contribution >= 0.6 is 0 Å². The smallest absolute Gasteiger partial charge is 0.269 e. The van der Waals surface area contributed by atoms with Crippen LogP contribution in [0.4, 0.5) is 5.69 Å². The minimum Gasteiger partial charge on any atom is -0.326 e. The van der Waals surface area contributed by atoms with Crippen molar-refractivity contribution in [3.8, 4) is 0 Å². The summed E-state index contributed by atoms with van der Waals surface area (Å²) in [5, 5.41) is 2.72. The van der Waals surface area contributed by atoms with Gasteiger partial charge in [-0.3, -0.25) is 25.2 Å². The van der Waals surface area contributed by atoms with Gasteiger partial charge >= 0.3 is 0 Å². The van der Waals surface area contributed by atoms with Crippen molar-refractivity contribution in [1.82, 2.24) is 10.9 Å². The number of hydrazine groups is 1. The van der Waals surface area contributed by atoms with Crippen LogP contribution in [0.2, 0.25) is 0 Å². The highest BCUT2D eigenvalue weighted by molar-refractivity contribution is 5.96. The van der Waals surface area contributed by atoms with E-state index in [0.717, 1.165) is 0 Å². The van der Waals surface area contributed by atoms with E-state index < -0.39 is 5.91 Å². The molecule has 0 bridgehead atoms. The summed E-state index contributed by atoms with van der Waals surface area (Å²) in [5.74, 6) is -0.968. The highest BCUT2D eigenvalue weighted by atomic mass is 16.2. The van der Waals surface area contributed by atoms with Crippen molar-refractivity contribution in [2.24, 2.45) is 5.92 Å². The van der Waals surface area contributed by atoms with Gasteiger partial charge < -0.3 is 5.32 Å². The number of nitrogens with one attached hydrogen (secondary N) is 3. The summed E-state index contributed by atoms with van der Waals surface area (Å²) in [5.41, 5.74) is 5.45. The number of hydrogen-bond donors (Lipinski definition) is 3. The van der Waals surface area contributed by atoms with Crippen LogP contribution in [-0.2, 0) is 9.59 Å². The first-order valence-corrected chi connectivity index (χ1v) is 5.88. The van der Waals surface area contributed by atoms with Gasteiger partial charge in [-0.05, 0) is 24.3 Å². The molecule has 19 heavy (non-hydrogen) atoms. The summed E-state index contributed by atoms with van der Waals surface area (Å²) in [4.78, 5) is 33.7. The van der Waals surface area contributed by atoms with Crippen LogP contribution in [0, 0.1) is 5.92 Å². The number of carbonyl (C=O) groups excluding carboxylic acids is 3.